The Kier molecular flexibility index (Phi) is 7.57. The van der Waals surface area contributed by atoms with Crippen LogP contribution in [0.25, 0.3) is 0 Å². The maximum atomic E-state index is 11.9. The van der Waals surface area contributed by atoms with Crippen molar-refractivity contribution in [2.75, 3.05) is 19.0 Å². The van der Waals surface area contributed by atoms with E-state index in [1.165, 1.54) is 7.11 Å². The number of rotatable bonds is 7. The lowest BCUT2D eigenvalue weighted by Gasteiger charge is -2.12. The van der Waals surface area contributed by atoms with E-state index in [4.69, 9.17) is 21.7 Å². The Balaban J connectivity index is 1.75. The van der Waals surface area contributed by atoms with Gasteiger partial charge < -0.3 is 20.1 Å². The molecule has 2 rings (SSSR count). The number of carbonyl (C=O) groups excluding carboxylic acids is 2. The molecule has 0 bridgehead atoms. The van der Waals surface area contributed by atoms with E-state index in [2.05, 4.69) is 10.6 Å². The molecule has 0 aromatic heterocycles. The van der Waals surface area contributed by atoms with Crippen LogP contribution in [0.3, 0.4) is 0 Å². The summed E-state index contributed by atoms with van der Waals surface area (Å²) in [5.41, 5.74) is 0.805. The molecule has 0 aliphatic rings. The first-order valence-electron chi connectivity index (χ1n) is 8.06. The van der Waals surface area contributed by atoms with E-state index in [0.717, 1.165) is 5.75 Å². The van der Waals surface area contributed by atoms with Crippen LogP contribution < -0.4 is 15.4 Å². The zero-order valence-electron chi connectivity index (χ0n) is 14.4. The van der Waals surface area contributed by atoms with Gasteiger partial charge in [0.25, 0.3) is 0 Å². The van der Waals surface area contributed by atoms with Gasteiger partial charge in [-0.2, -0.15) is 0 Å². The number of carbonyl (C=O) groups is 2. The van der Waals surface area contributed by atoms with Crippen LogP contribution >= 0.6 is 12.2 Å². The van der Waals surface area contributed by atoms with Crippen molar-refractivity contribution >= 4 is 34.9 Å². The molecule has 0 saturated heterocycles. The van der Waals surface area contributed by atoms with Gasteiger partial charge in [-0.15, -0.1) is 0 Å². The van der Waals surface area contributed by atoms with Crippen LogP contribution in [-0.4, -0.2) is 30.7 Å². The minimum Gasteiger partial charge on any atom is -0.494 e. The average Bonchev–Trinajstić information content (AvgIpc) is 2.66. The molecule has 0 saturated carbocycles. The quantitative estimate of drug-likeness (QED) is 0.442. The first-order chi connectivity index (χ1) is 12.6. The predicted molar refractivity (Wildman–Crippen MR) is 103 cm³/mol. The van der Waals surface area contributed by atoms with Gasteiger partial charge in [0.15, 0.2) is 5.11 Å². The van der Waals surface area contributed by atoms with Gasteiger partial charge >= 0.3 is 5.97 Å². The summed E-state index contributed by atoms with van der Waals surface area (Å²) in [6.07, 6.45) is 0.829. The summed E-state index contributed by atoms with van der Waals surface area (Å²) in [7, 11) is 1.30. The lowest BCUT2D eigenvalue weighted by molar-refractivity contribution is -0.119. The Labute approximate surface area is 157 Å². The van der Waals surface area contributed by atoms with E-state index >= 15 is 0 Å². The molecule has 0 heterocycles. The molecule has 2 aromatic rings. The first kappa shape index (κ1) is 19.4. The van der Waals surface area contributed by atoms with E-state index in [9.17, 15) is 9.59 Å². The van der Waals surface area contributed by atoms with E-state index in [0.29, 0.717) is 24.3 Å². The molecule has 0 spiro atoms. The highest BCUT2D eigenvalue weighted by atomic mass is 32.1. The fourth-order valence-corrected chi connectivity index (χ4v) is 2.39. The molecule has 2 aromatic carbocycles. The van der Waals surface area contributed by atoms with Crippen molar-refractivity contribution < 1.29 is 19.1 Å². The Morgan fingerprint density at radius 3 is 2.46 bits per heavy atom. The van der Waals surface area contributed by atoms with Gasteiger partial charge in [-0.05, 0) is 42.9 Å². The van der Waals surface area contributed by atoms with Gasteiger partial charge in [0, 0.05) is 6.42 Å². The minimum absolute atomic E-state index is 0.121. The highest BCUT2D eigenvalue weighted by molar-refractivity contribution is 7.80. The van der Waals surface area contributed by atoms with Crippen LogP contribution in [-0.2, 0) is 9.53 Å². The summed E-state index contributed by atoms with van der Waals surface area (Å²) < 4.78 is 10.2. The van der Waals surface area contributed by atoms with Crippen molar-refractivity contribution in [2.24, 2.45) is 0 Å². The molecule has 0 radical (unpaired) electrons. The van der Waals surface area contributed by atoms with Gasteiger partial charge in [0.1, 0.15) is 5.75 Å². The number of thiocarbonyl (C=S) groups is 1. The molecular weight excluding hydrogens is 352 g/mol. The fraction of sp³-hybridized carbons (Fsp3) is 0.211. The Morgan fingerprint density at radius 1 is 1.04 bits per heavy atom. The number of nitrogens with one attached hydrogen (secondary N) is 2. The largest absolute Gasteiger partial charge is 0.494 e. The second-order valence-electron chi connectivity index (χ2n) is 5.30. The number of esters is 1. The third-order valence-corrected chi connectivity index (χ3v) is 3.60. The molecule has 26 heavy (non-hydrogen) atoms. The molecule has 6 nitrogen and oxygen atoms in total. The maximum absolute atomic E-state index is 11.9. The van der Waals surface area contributed by atoms with Crippen LogP contribution in [0.5, 0.6) is 5.75 Å². The molecule has 136 valence electrons. The molecule has 0 atom stereocenters. The number of amides is 1. The Bertz CT molecular complexity index is 765. The minimum atomic E-state index is -0.486. The summed E-state index contributed by atoms with van der Waals surface area (Å²) >= 11 is 5.12. The number of ether oxygens (including phenoxy) is 2. The van der Waals surface area contributed by atoms with Crippen molar-refractivity contribution in [3.05, 3.63) is 60.2 Å². The average molecular weight is 372 g/mol. The molecule has 0 fully saturated rings. The normalized spacial score (nSPS) is 9.88. The van der Waals surface area contributed by atoms with E-state index < -0.39 is 5.97 Å². The zero-order chi connectivity index (χ0) is 18.8. The number of benzene rings is 2. The van der Waals surface area contributed by atoms with Crippen molar-refractivity contribution in [1.29, 1.82) is 0 Å². The lowest BCUT2D eigenvalue weighted by Crippen LogP contribution is -2.34. The van der Waals surface area contributed by atoms with Gasteiger partial charge in [0.05, 0.1) is 25.0 Å². The van der Waals surface area contributed by atoms with E-state index in [-0.39, 0.29) is 17.4 Å². The van der Waals surface area contributed by atoms with Crippen molar-refractivity contribution in [1.82, 2.24) is 5.32 Å². The van der Waals surface area contributed by atoms with E-state index in [1.807, 2.05) is 30.3 Å². The second kappa shape index (κ2) is 10.1. The lowest BCUT2D eigenvalue weighted by atomic mass is 10.2. The molecule has 0 aliphatic heterocycles. The standard InChI is InChI=1S/C19H20N2O4S/c1-24-18(23)15-10-5-6-11-16(15)20-19(26)21-17(22)12-7-13-25-14-8-3-2-4-9-14/h2-6,8-11H,7,12-13H2,1H3,(H2,20,21,22,26). The smallest absolute Gasteiger partial charge is 0.339 e. The number of hydrogen-bond donors (Lipinski definition) is 2. The highest BCUT2D eigenvalue weighted by Crippen LogP contribution is 2.15. The molecule has 0 unspecified atom stereocenters. The molecule has 1 amide bonds. The summed E-state index contributed by atoms with van der Waals surface area (Å²) in [4.78, 5) is 23.7. The Morgan fingerprint density at radius 2 is 1.73 bits per heavy atom. The van der Waals surface area contributed by atoms with Crippen LogP contribution in [0.2, 0.25) is 0 Å². The predicted octanol–water partition coefficient (Wildman–Crippen LogP) is 3.15. The van der Waals surface area contributed by atoms with Crippen LogP contribution in [0, 0.1) is 0 Å². The first-order valence-corrected chi connectivity index (χ1v) is 8.47. The molecule has 0 aliphatic carbocycles. The third-order valence-electron chi connectivity index (χ3n) is 3.39. The van der Waals surface area contributed by atoms with Crippen molar-refractivity contribution in [3.63, 3.8) is 0 Å². The molecular formula is C19H20N2O4S. The summed E-state index contributed by atoms with van der Waals surface area (Å²) in [5, 5.41) is 5.55. The SMILES string of the molecule is COC(=O)c1ccccc1NC(=S)NC(=O)CCCOc1ccccc1. The van der Waals surface area contributed by atoms with Crippen LogP contribution in [0.15, 0.2) is 54.6 Å². The third kappa shape index (κ3) is 6.18. The summed E-state index contributed by atoms with van der Waals surface area (Å²) in [5.74, 6) is 0.0551. The van der Waals surface area contributed by atoms with Gasteiger partial charge in [-0.3, -0.25) is 4.79 Å². The van der Waals surface area contributed by atoms with Crippen molar-refractivity contribution in [2.45, 2.75) is 12.8 Å². The number of anilines is 1. The van der Waals surface area contributed by atoms with E-state index in [1.54, 1.807) is 24.3 Å². The fourth-order valence-electron chi connectivity index (χ4n) is 2.16. The second-order valence-corrected chi connectivity index (χ2v) is 5.71. The molecule has 7 heteroatoms. The monoisotopic (exact) mass is 372 g/mol. The topological polar surface area (TPSA) is 76.7 Å². The van der Waals surface area contributed by atoms with Gasteiger partial charge in [-0.1, -0.05) is 30.3 Å². The summed E-state index contributed by atoms with van der Waals surface area (Å²) in [6.45, 7) is 0.433. The maximum Gasteiger partial charge on any atom is 0.339 e. The van der Waals surface area contributed by atoms with Crippen LogP contribution in [0.4, 0.5) is 5.69 Å². The Hall–Kier alpha value is -2.93. The zero-order valence-corrected chi connectivity index (χ0v) is 15.2. The summed E-state index contributed by atoms with van der Waals surface area (Å²) in [6, 6.07) is 16.2. The molecule has 2 N–H and O–H groups in total. The van der Waals surface area contributed by atoms with Crippen LogP contribution in [0.1, 0.15) is 23.2 Å². The number of para-hydroxylation sites is 2. The van der Waals surface area contributed by atoms with Crippen molar-refractivity contribution in [3.8, 4) is 5.75 Å². The van der Waals surface area contributed by atoms with Gasteiger partial charge in [-0.25, -0.2) is 4.79 Å². The number of methoxy groups -OCH3 is 1. The number of hydrogen-bond acceptors (Lipinski definition) is 5. The van der Waals surface area contributed by atoms with Gasteiger partial charge in [0.2, 0.25) is 5.91 Å². The highest BCUT2D eigenvalue weighted by Gasteiger charge is 2.12.